The molecule has 0 aliphatic rings. The zero-order chi connectivity index (χ0) is 16.6. The van der Waals surface area contributed by atoms with Gasteiger partial charge in [0.15, 0.2) is 0 Å². The third-order valence-electron chi connectivity index (χ3n) is 3.71. The van der Waals surface area contributed by atoms with E-state index < -0.39 is 6.36 Å². The maximum atomic E-state index is 12.3. The first kappa shape index (κ1) is 15.5. The molecule has 0 aliphatic heterocycles. The molecule has 0 saturated heterocycles. The highest BCUT2D eigenvalue weighted by atomic mass is 19.4. The van der Waals surface area contributed by atoms with Gasteiger partial charge in [-0.15, -0.1) is 13.2 Å². The molecular weight excluding hydrogens is 303 g/mol. The van der Waals surface area contributed by atoms with Crippen LogP contribution in [-0.4, -0.2) is 10.9 Å². The van der Waals surface area contributed by atoms with Gasteiger partial charge < -0.3 is 9.30 Å². The van der Waals surface area contributed by atoms with Gasteiger partial charge in [0.25, 0.3) is 0 Å². The number of alkyl halides is 3. The van der Waals surface area contributed by atoms with Crippen molar-refractivity contribution in [2.75, 3.05) is 0 Å². The molecule has 2 nitrogen and oxygen atoms in total. The molecule has 0 atom stereocenters. The summed E-state index contributed by atoms with van der Waals surface area (Å²) in [5.41, 5.74) is 3.03. The van der Waals surface area contributed by atoms with Crippen LogP contribution in [0.3, 0.4) is 0 Å². The van der Waals surface area contributed by atoms with Crippen LogP contribution in [-0.2, 0) is 0 Å². The second kappa shape index (κ2) is 5.65. The SMILES string of the molecule is CC(C)c1cccc(-n2ccc3cc(OC(F)(F)F)ccc32)c1. The maximum absolute atomic E-state index is 12.3. The second-order valence-corrected chi connectivity index (χ2v) is 5.70. The van der Waals surface area contributed by atoms with E-state index in [1.807, 2.05) is 22.9 Å². The minimum atomic E-state index is -4.68. The summed E-state index contributed by atoms with van der Waals surface area (Å²) in [5, 5.41) is 0.696. The van der Waals surface area contributed by atoms with Crippen molar-refractivity contribution in [3.8, 4) is 11.4 Å². The molecule has 0 aliphatic carbocycles. The highest BCUT2D eigenvalue weighted by Crippen LogP contribution is 2.29. The van der Waals surface area contributed by atoms with Crippen LogP contribution in [0.25, 0.3) is 16.6 Å². The topological polar surface area (TPSA) is 14.2 Å². The number of hydrogen-bond acceptors (Lipinski definition) is 1. The van der Waals surface area contributed by atoms with E-state index in [9.17, 15) is 13.2 Å². The molecule has 23 heavy (non-hydrogen) atoms. The van der Waals surface area contributed by atoms with Gasteiger partial charge in [0.05, 0.1) is 5.52 Å². The first-order valence-corrected chi connectivity index (χ1v) is 7.31. The van der Waals surface area contributed by atoms with Crippen molar-refractivity contribution in [1.29, 1.82) is 0 Å². The average Bonchev–Trinajstić information content (AvgIpc) is 2.88. The molecule has 0 N–H and O–H groups in total. The fourth-order valence-electron chi connectivity index (χ4n) is 2.58. The summed E-state index contributed by atoms with van der Waals surface area (Å²) in [4.78, 5) is 0. The van der Waals surface area contributed by atoms with Gasteiger partial charge in [-0.2, -0.15) is 0 Å². The zero-order valence-electron chi connectivity index (χ0n) is 12.8. The minimum Gasteiger partial charge on any atom is -0.406 e. The molecule has 1 heterocycles. The number of rotatable bonds is 3. The Kier molecular flexibility index (Phi) is 3.80. The van der Waals surface area contributed by atoms with Gasteiger partial charge in [0.2, 0.25) is 0 Å². The summed E-state index contributed by atoms with van der Waals surface area (Å²) in [6.45, 7) is 4.24. The van der Waals surface area contributed by atoms with Crippen LogP contribution in [0.2, 0.25) is 0 Å². The second-order valence-electron chi connectivity index (χ2n) is 5.70. The predicted molar refractivity (Wildman–Crippen MR) is 84.0 cm³/mol. The van der Waals surface area contributed by atoms with Crippen molar-refractivity contribution in [1.82, 2.24) is 4.57 Å². The van der Waals surface area contributed by atoms with Crippen LogP contribution in [0.15, 0.2) is 54.7 Å². The molecule has 0 radical (unpaired) electrons. The number of benzene rings is 2. The normalized spacial score (nSPS) is 12.1. The van der Waals surface area contributed by atoms with Crippen LogP contribution < -0.4 is 4.74 Å². The number of halogens is 3. The third-order valence-corrected chi connectivity index (χ3v) is 3.71. The maximum Gasteiger partial charge on any atom is 0.573 e. The molecule has 1 aromatic heterocycles. The third kappa shape index (κ3) is 3.33. The summed E-state index contributed by atoms with van der Waals surface area (Å²) >= 11 is 0. The molecule has 0 fully saturated rings. The molecule has 0 amide bonds. The Bertz CT molecular complexity index is 834. The molecule has 5 heteroatoms. The quantitative estimate of drug-likeness (QED) is 0.608. The number of ether oxygens (including phenoxy) is 1. The van der Waals surface area contributed by atoms with E-state index >= 15 is 0 Å². The molecule has 3 rings (SSSR count). The van der Waals surface area contributed by atoms with Gasteiger partial charge in [-0.25, -0.2) is 0 Å². The van der Waals surface area contributed by atoms with Crippen molar-refractivity contribution < 1.29 is 17.9 Å². The van der Waals surface area contributed by atoms with Crippen molar-refractivity contribution in [2.45, 2.75) is 26.1 Å². The van der Waals surface area contributed by atoms with Crippen LogP contribution >= 0.6 is 0 Å². The van der Waals surface area contributed by atoms with Crippen LogP contribution in [0.1, 0.15) is 25.3 Å². The smallest absolute Gasteiger partial charge is 0.406 e. The number of aromatic nitrogens is 1. The summed E-state index contributed by atoms with van der Waals surface area (Å²) in [5.74, 6) is 0.197. The fraction of sp³-hybridized carbons (Fsp3) is 0.222. The molecule has 2 aromatic carbocycles. The molecule has 120 valence electrons. The van der Waals surface area contributed by atoms with Crippen molar-refractivity contribution >= 4 is 10.9 Å². The van der Waals surface area contributed by atoms with Gasteiger partial charge in [0, 0.05) is 17.3 Å². The molecule has 3 aromatic rings. The van der Waals surface area contributed by atoms with Crippen LogP contribution in [0.4, 0.5) is 13.2 Å². The summed E-state index contributed by atoms with van der Waals surface area (Å²) < 4.78 is 42.8. The largest absolute Gasteiger partial charge is 0.573 e. The fourth-order valence-corrected chi connectivity index (χ4v) is 2.58. The van der Waals surface area contributed by atoms with E-state index in [1.54, 1.807) is 12.1 Å². The molecule has 0 unspecified atom stereocenters. The van der Waals surface area contributed by atoms with E-state index in [2.05, 4.69) is 30.7 Å². The van der Waals surface area contributed by atoms with Gasteiger partial charge >= 0.3 is 6.36 Å². The lowest BCUT2D eigenvalue weighted by atomic mass is 10.0. The first-order chi connectivity index (χ1) is 10.8. The lowest BCUT2D eigenvalue weighted by molar-refractivity contribution is -0.274. The summed E-state index contributed by atoms with van der Waals surface area (Å²) in [6, 6.07) is 14.3. The zero-order valence-corrected chi connectivity index (χ0v) is 12.8. The summed E-state index contributed by atoms with van der Waals surface area (Å²) in [6.07, 6.45) is -2.83. The molecular formula is C18H16F3NO. The van der Waals surface area contributed by atoms with Gasteiger partial charge in [-0.05, 0) is 47.9 Å². The van der Waals surface area contributed by atoms with E-state index in [4.69, 9.17) is 0 Å². The predicted octanol–water partition coefficient (Wildman–Crippen LogP) is 5.65. The first-order valence-electron chi connectivity index (χ1n) is 7.31. The van der Waals surface area contributed by atoms with Crippen molar-refractivity contribution in [2.24, 2.45) is 0 Å². The Morgan fingerprint density at radius 1 is 1.00 bits per heavy atom. The Hall–Kier alpha value is -2.43. The molecule has 0 saturated carbocycles. The number of hydrogen-bond donors (Lipinski definition) is 0. The minimum absolute atomic E-state index is 0.210. The van der Waals surface area contributed by atoms with Crippen molar-refractivity contribution in [3.63, 3.8) is 0 Å². The van der Waals surface area contributed by atoms with Crippen molar-refractivity contribution in [3.05, 3.63) is 60.3 Å². The van der Waals surface area contributed by atoms with Gasteiger partial charge in [-0.3, -0.25) is 0 Å². The Labute approximate surface area is 132 Å². The molecule has 0 bridgehead atoms. The lowest BCUT2D eigenvalue weighted by Crippen LogP contribution is -2.16. The van der Waals surface area contributed by atoms with E-state index in [0.29, 0.717) is 11.3 Å². The number of fused-ring (bicyclic) bond motifs is 1. The van der Waals surface area contributed by atoms with E-state index in [1.165, 1.54) is 17.7 Å². The Morgan fingerprint density at radius 3 is 2.48 bits per heavy atom. The Balaban J connectivity index is 2.02. The number of nitrogens with zero attached hydrogens (tertiary/aromatic N) is 1. The van der Waals surface area contributed by atoms with E-state index in [0.717, 1.165) is 11.2 Å². The highest BCUT2D eigenvalue weighted by Gasteiger charge is 2.31. The average molecular weight is 319 g/mol. The van der Waals surface area contributed by atoms with Crippen LogP contribution in [0.5, 0.6) is 5.75 Å². The standard InChI is InChI=1S/C18H16F3NO/c1-12(2)13-4-3-5-15(10-13)22-9-8-14-11-16(6-7-17(14)22)23-18(19,20)21/h3-12H,1-2H3. The Morgan fingerprint density at radius 2 is 1.78 bits per heavy atom. The highest BCUT2D eigenvalue weighted by molar-refractivity contribution is 5.83. The molecule has 0 spiro atoms. The van der Waals surface area contributed by atoms with Crippen LogP contribution in [0, 0.1) is 0 Å². The van der Waals surface area contributed by atoms with E-state index in [-0.39, 0.29) is 5.75 Å². The van der Waals surface area contributed by atoms with Gasteiger partial charge in [-0.1, -0.05) is 26.0 Å². The lowest BCUT2D eigenvalue weighted by Gasteiger charge is -2.11. The summed E-state index contributed by atoms with van der Waals surface area (Å²) in [7, 11) is 0. The van der Waals surface area contributed by atoms with Gasteiger partial charge in [0.1, 0.15) is 5.75 Å². The monoisotopic (exact) mass is 319 g/mol.